The lowest BCUT2D eigenvalue weighted by atomic mass is 9.91. The molecule has 5 heteroatoms. The molecular weight excluding hydrogens is 370 g/mol. The molecule has 0 aliphatic carbocycles. The molecule has 1 unspecified atom stereocenters. The van der Waals surface area contributed by atoms with E-state index in [2.05, 4.69) is 48.5 Å². The number of rotatable bonds is 4. The van der Waals surface area contributed by atoms with Crippen molar-refractivity contribution in [1.29, 1.82) is 0 Å². The minimum atomic E-state index is -0.157. The fourth-order valence-corrected chi connectivity index (χ4v) is 6.38. The van der Waals surface area contributed by atoms with E-state index < -0.39 is 0 Å². The van der Waals surface area contributed by atoms with Gasteiger partial charge in [0.25, 0.3) is 0 Å². The van der Waals surface area contributed by atoms with Crippen LogP contribution in [0, 0.1) is 5.92 Å². The summed E-state index contributed by atoms with van der Waals surface area (Å²) in [6.45, 7) is 2.29. The van der Waals surface area contributed by atoms with Gasteiger partial charge in [-0.05, 0) is 18.6 Å². The molecule has 2 aromatic carbocycles. The van der Waals surface area contributed by atoms with Crippen molar-refractivity contribution in [3.8, 4) is 0 Å². The molecule has 5 rings (SSSR count). The maximum absolute atomic E-state index is 12.9. The molecule has 0 amide bonds. The number of hydrogen-bond acceptors (Lipinski definition) is 4. The van der Waals surface area contributed by atoms with Crippen LogP contribution >= 0.6 is 11.8 Å². The molecule has 3 heterocycles. The fourth-order valence-electron chi connectivity index (χ4n) is 5.15. The molecule has 4 nitrogen and oxygen atoms in total. The van der Waals surface area contributed by atoms with Gasteiger partial charge in [0.2, 0.25) is 0 Å². The SMILES string of the molecule is O=C1OCC[C@H](Sc2ccccc2)[C@H]2O[N+]3(Cc4ccccc4)CCC[C@@H]3[C@@H]12. The summed E-state index contributed by atoms with van der Waals surface area (Å²) in [5.74, 6) is -0.212. The summed E-state index contributed by atoms with van der Waals surface area (Å²) in [5.41, 5.74) is 1.27. The van der Waals surface area contributed by atoms with Crippen LogP contribution in [0.3, 0.4) is 0 Å². The van der Waals surface area contributed by atoms with E-state index in [1.165, 1.54) is 10.5 Å². The van der Waals surface area contributed by atoms with Crippen molar-refractivity contribution in [2.24, 2.45) is 5.92 Å². The summed E-state index contributed by atoms with van der Waals surface area (Å²) in [5, 5.41) is 0.232. The Morgan fingerprint density at radius 3 is 2.54 bits per heavy atom. The third kappa shape index (κ3) is 3.25. The highest BCUT2D eigenvalue weighted by Crippen LogP contribution is 2.49. The van der Waals surface area contributed by atoms with E-state index in [0.717, 1.165) is 32.4 Å². The zero-order chi connectivity index (χ0) is 19.0. The summed E-state index contributed by atoms with van der Waals surface area (Å²) in [4.78, 5) is 21.0. The lowest BCUT2D eigenvalue weighted by molar-refractivity contribution is -1.11. The van der Waals surface area contributed by atoms with Crippen LogP contribution in [0.25, 0.3) is 0 Å². The number of carbonyl (C=O) groups is 1. The van der Waals surface area contributed by atoms with Gasteiger partial charge in [-0.1, -0.05) is 48.5 Å². The normalized spacial score (nSPS) is 34.4. The summed E-state index contributed by atoms with van der Waals surface area (Å²) >= 11 is 1.83. The molecule has 28 heavy (non-hydrogen) atoms. The molecule has 3 aliphatic heterocycles. The van der Waals surface area contributed by atoms with Gasteiger partial charge in [0.15, 0.2) is 0 Å². The molecule has 0 bridgehead atoms. The van der Waals surface area contributed by atoms with Crippen LogP contribution in [0.15, 0.2) is 65.6 Å². The number of cyclic esters (lactones) is 1. The van der Waals surface area contributed by atoms with Gasteiger partial charge in [-0.25, -0.2) is 0 Å². The zero-order valence-corrected chi connectivity index (χ0v) is 16.7. The summed E-state index contributed by atoms with van der Waals surface area (Å²) in [7, 11) is 0. The number of hydrogen-bond donors (Lipinski definition) is 0. The highest BCUT2D eigenvalue weighted by Gasteiger charge is 2.64. The van der Waals surface area contributed by atoms with Gasteiger partial charge >= 0.3 is 5.97 Å². The maximum atomic E-state index is 12.9. The Morgan fingerprint density at radius 2 is 1.75 bits per heavy atom. The Morgan fingerprint density at radius 1 is 1.00 bits per heavy atom. The average molecular weight is 397 g/mol. The molecule has 146 valence electrons. The molecule has 0 N–H and O–H groups in total. The molecule has 2 aromatic rings. The lowest BCUT2D eigenvalue weighted by Gasteiger charge is -2.32. The first-order chi connectivity index (χ1) is 13.8. The van der Waals surface area contributed by atoms with Crippen LogP contribution in [0.4, 0.5) is 0 Å². The van der Waals surface area contributed by atoms with Gasteiger partial charge < -0.3 is 4.74 Å². The van der Waals surface area contributed by atoms with Gasteiger partial charge in [-0.15, -0.1) is 11.8 Å². The van der Waals surface area contributed by atoms with E-state index in [-0.39, 0.29) is 29.3 Å². The Kier molecular flexibility index (Phi) is 4.91. The standard InChI is InChI=1S/C23H26NO3S/c25-23-21-19-12-7-14-24(19,16-17-8-3-1-4-9-17)27-22(21)20(13-15-26-23)28-18-10-5-2-6-11-18/h1-6,8-11,19-22H,7,12-16H2/q+1/t19-,20+,21-,22-,24?/m1/s1. The molecule has 0 spiro atoms. The second-order valence-corrected chi connectivity index (χ2v) is 9.36. The van der Waals surface area contributed by atoms with Crippen LogP contribution in [-0.2, 0) is 20.9 Å². The number of quaternary nitrogens is 1. The quantitative estimate of drug-likeness (QED) is 0.573. The molecule has 3 fully saturated rings. The van der Waals surface area contributed by atoms with Crippen LogP contribution in [-0.4, -0.2) is 41.2 Å². The average Bonchev–Trinajstić information content (AvgIpc) is 3.20. The van der Waals surface area contributed by atoms with Crippen molar-refractivity contribution in [1.82, 2.24) is 0 Å². The van der Waals surface area contributed by atoms with Gasteiger partial charge in [-0.3, -0.25) is 4.79 Å². The van der Waals surface area contributed by atoms with Crippen molar-refractivity contribution in [2.45, 2.75) is 48.1 Å². The Balaban J connectivity index is 1.45. The molecule has 3 aliphatic rings. The summed E-state index contributed by atoms with van der Waals surface area (Å²) < 4.78 is 6.23. The Labute approximate surface area is 170 Å². The number of fused-ring (bicyclic) bond motifs is 3. The first-order valence-corrected chi connectivity index (χ1v) is 11.1. The van der Waals surface area contributed by atoms with Gasteiger partial charge in [-0.2, -0.15) is 9.48 Å². The van der Waals surface area contributed by atoms with Crippen molar-refractivity contribution in [3.63, 3.8) is 0 Å². The third-order valence-corrected chi connectivity index (χ3v) is 7.70. The second-order valence-electron chi connectivity index (χ2n) is 8.05. The predicted octanol–water partition coefficient (Wildman–Crippen LogP) is 4.20. The molecule has 0 saturated carbocycles. The van der Waals surface area contributed by atoms with Gasteiger partial charge in [0.05, 0.1) is 6.61 Å². The van der Waals surface area contributed by atoms with Gasteiger partial charge in [0.1, 0.15) is 31.2 Å². The number of thioether (sulfide) groups is 1. The number of carbonyl (C=O) groups excluding carboxylic acids is 1. The minimum Gasteiger partial charge on any atom is -0.465 e. The largest absolute Gasteiger partial charge is 0.465 e. The smallest absolute Gasteiger partial charge is 0.318 e. The second kappa shape index (κ2) is 7.54. The molecular formula is C23H26NO3S+. The number of nitrogens with zero attached hydrogens (tertiary/aromatic N) is 1. The monoisotopic (exact) mass is 396 g/mol. The lowest BCUT2D eigenvalue weighted by Crippen LogP contribution is -2.48. The highest BCUT2D eigenvalue weighted by atomic mass is 32.2. The zero-order valence-electron chi connectivity index (χ0n) is 15.9. The molecule has 5 atom stereocenters. The first kappa shape index (κ1) is 18.2. The van der Waals surface area contributed by atoms with E-state index in [4.69, 9.17) is 9.57 Å². The van der Waals surface area contributed by atoms with Crippen LogP contribution in [0.2, 0.25) is 0 Å². The van der Waals surface area contributed by atoms with Crippen molar-refractivity contribution in [2.75, 3.05) is 13.2 Å². The highest BCUT2D eigenvalue weighted by molar-refractivity contribution is 8.00. The van der Waals surface area contributed by atoms with E-state index in [1.54, 1.807) is 0 Å². The minimum absolute atomic E-state index is 0.0545. The van der Waals surface area contributed by atoms with E-state index >= 15 is 0 Å². The maximum Gasteiger partial charge on any atom is 0.318 e. The van der Waals surface area contributed by atoms with Crippen molar-refractivity contribution in [3.05, 3.63) is 66.2 Å². The molecule has 3 saturated heterocycles. The van der Waals surface area contributed by atoms with Crippen molar-refractivity contribution < 1.29 is 19.0 Å². The van der Waals surface area contributed by atoms with Gasteiger partial charge in [0, 0.05) is 28.6 Å². The first-order valence-electron chi connectivity index (χ1n) is 10.2. The summed E-state index contributed by atoms with van der Waals surface area (Å²) in [6.07, 6.45) is 2.88. The van der Waals surface area contributed by atoms with Crippen LogP contribution < -0.4 is 0 Å². The molecule has 0 aromatic heterocycles. The topological polar surface area (TPSA) is 35.5 Å². The Hall–Kier alpha value is -1.82. The number of hydroxylamine groups is 3. The van der Waals surface area contributed by atoms with E-state index in [1.807, 2.05) is 23.9 Å². The van der Waals surface area contributed by atoms with E-state index in [0.29, 0.717) is 11.3 Å². The third-order valence-electron chi connectivity index (χ3n) is 6.35. The molecule has 0 radical (unpaired) electrons. The van der Waals surface area contributed by atoms with Crippen LogP contribution in [0.1, 0.15) is 24.8 Å². The van der Waals surface area contributed by atoms with Crippen LogP contribution in [0.5, 0.6) is 0 Å². The van der Waals surface area contributed by atoms with Crippen molar-refractivity contribution >= 4 is 17.7 Å². The van der Waals surface area contributed by atoms with E-state index in [9.17, 15) is 4.79 Å². The Bertz CT molecular complexity index is 830. The number of esters is 1. The fraction of sp³-hybridized carbons (Fsp3) is 0.435. The number of benzene rings is 2. The number of ether oxygens (including phenoxy) is 1. The summed E-state index contributed by atoms with van der Waals surface area (Å²) in [6, 6.07) is 21.2. The predicted molar refractivity (Wildman–Crippen MR) is 108 cm³/mol.